The number of imidazole rings is 1. The maximum Gasteiger partial charge on any atom is 0.232 e. The third-order valence-corrected chi connectivity index (χ3v) is 4.51. The highest BCUT2D eigenvalue weighted by Crippen LogP contribution is 2.28. The molecule has 0 aliphatic carbocycles. The van der Waals surface area contributed by atoms with Crippen LogP contribution in [0, 0.1) is 0 Å². The first-order valence-corrected chi connectivity index (χ1v) is 8.93. The van der Waals surface area contributed by atoms with Gasteiger partial charge in [0.1, 0.15) is 11.3 Å². The van der Waals surface area contributed by atoms with Crippen LogP contribution in [0.4, 0.5) is 0 Å². The Morgan fingerprint density at radius 3 is 2.75 bits per heavy atom. The number of fused-ring (bicyclic) bond motifs is 2. The Kier molecular flexibility index (Phi) is 3.99. The number of nitrogens with two attached hydrogens (primary N) is 1. The SMILES string of the molecule is NCC(Oc1ccc2ncc(-c3cc4ccccc4o3)n2n1)c1ccccn1. The second-order valence-corrected chi connectivity index (χ2v) is 6.33. The lowest BCUT2D eigenvalue weighted by Crippen LogP contribution is -2.20. The Bertz CT molecular complexity index is 1210. The molecule has 4 aromatic heterocycles. The number of ether oxygens (including phenoxy) is 1. The Labute approximate surface area is 160 Å². The molecule has 5 rings (SSSR count). The molecule has 28 heavy (non-hydrogen) atoms. The van der Waals surface area contributed by atoms with Crippen molar-refractivity contribution >= 4 is 16.6 Å². The first-order valence-electron chi connectivity index (χ1n) is 8.93. The number of nitrogens with zero attached hydrogens (tertiary/aromatic N) is 4. The van der Waals surface area contributed by atoms with Gasteiger partial charge in [0.05, 0.1) is 11.9 Å². The van der Waals surface area contributed by atoms with E-state index in [1.807, 2.05) is 54.6 Å². The third kappa shape index (κ3) is 2.87. The zero-order valence-electron chi connectivity index (χ0n) is 14.9. The van der Waals surface area contributed by atoms with Crippen molar-refractivity contribution in [2.75, 3.05) is 6.54 Å². The zero-order chi connectivity index (χ0) is 18.9. The van der Waals surface area contributed by atoms with E-state index in [-0.39, 0.29) is 12.6 Å². The van der Waals surface area contributed by atoms with Gasteiger partial charge in [-0.05, 0) is 30.3 Å². The maximum absolute atomic E-state index is 6.00. The molecule has 1 atom stereocenters. The molecule has 7 heteroatoms. The van der Waals surface area contributed by atoms with Gasteiger partial charge in [0, 0.05) is 24.2 Å². The molecule has 2 N–H and O–H groups in total. The van der Waals surface area contributed by atoms with E-state index in [0.29, 0.717) is 17.3 Å². The fourth-order valence-electron chi connectivity index (χ4n) is 3.14. The second-order valence-electron chi connectivity index (χ2n) is 6.33. The topological polar surface area (TPSA) is 91.5 Å². The summed E-state index contributed by atoms with van der Waals surface area (Å²) in [7, 11) is 0. The summed E-state index contributed by atoms with van der Waals surface area (Å²) in [6, 6.07) is 19.1. The first-order chi connectivity index (χ1) is 13.8. The first kappa shape index (κ1) is 16.5. The summed E-state index contributed by atoms with van der Waals surface area (Å²) in [6.45, 7) is 0.289. The van der Waals surface area contributed by atoms with Crippen molar-refractivity contribution in [2.24, 2.45) is 5.73 Å². The van der Waals surface area contributed by atoms with Gasteiger partial charge >= 0.3 is 0 Å². The standard InChI is InChI=1S/C21H17N5O2/c22-12-19(15-6-3-4-10-23-15)28-21-9-8-20-24-13-16(26(20)25-21)18-11-14-5-1-2-7-17(14)27-18/h1-11,13,19H,12,22H2. The van der Waals surface area contributed by atoms with Crippen LogP contribution in [0.15, 0.2) is 77.5 Å². The van der Waals surface area contributed by atoms with Gasteiger partial charge < -0.3 is 14.9 Å². The van der Waals surface area contributed by atoms with Gasteiger partial charge in [0.2, 0.25) is 5.88 Å². The monoisotopic (exact) mass is 371 g/mol. The predicted octanol–water partition coefficient (Wildman–Crippen LogP) is 3.62. The van der Waals surface area contributed by atoms with E-state index in [0.717, 1.165) is 22.4 Å². The van der Waals surface area contributed by atoms with E-state index in [4.69, 9.17) is 14.9 Å². The van der Waals surface area contributed by atoms with Crippen molar-refractivity contribution < 1.29 is 9.15 Å². The highest BCUT2D eigenvalue weighted by Gasteiger charge is 2.16. The van der Waals surface area contributed by atoms with E-state index in [2.05, 4.69) is 15.1 Å². The number of para-hydroxylation sites is 1. The Balaban J connectivity index is 1.53. The van der Waals surface area contributed by atoms with E-state index >= 15 is 0 Å². The van der Waals surface area contributed by atoms with Gasteiger partial charge in [0.15, 0.2) is 17.5 Å². The van der Waals surface area contributed by atoms with E-state index in [1.165, 1.54) is 0 Å². The van der Waals surface area contributed by atoms with Gasteiger partial charge in [0.25, 0.3) is 0 Å². The molecule has 0 amide bonds. The number of aromatic nitrogens is 4. The predicted molar refractivity (Wildman–Crippen MR) is 105 cm³/mol. The molecule has 0 fully saturated rings. The van der Waals surface area contributed by atoms with Crippen LogP contribution in [-0.2, 0) is 0 Å². The molecule has 0 radical (unpaired) electrons. The van der Waals surface area contributed by atoms with Gasteiger partial charge in [-0.2, -0.15) is 0 Å². The summed E-state index contributed by atoms with van der Waals surface area (Å²) in [4.78, 5) is 8.73. The number of rotatable bonds is 5. The van der Waals surface area contributed by atoms with Gasteiger partial charge in [-0.1, -0.05) is 24.3 Å². The second kappa shape index (κ2) is 6.79. The molecule has 0 spiro atoms. The molecule has 4 heterocycles. The van der Waals surface area contributed by atoms with Crippen molar-refractivity contribution in [1.82, 2.24) is 19.6 Å². The molecule has 0 saturated heterocycles. The van der Waals surface area contributed by atoms with Crippen LogP contribution in [0.2, 0.25) is 0 Å². The minimum absolute atomic E-state index is 0.289. The highest BCUT2D eigenvalue weighted by molar-refractivity contribution is 5.82. The molecule has 0 aliphatic heterocycles. The third-order valence-electron chi connectivity index (χ3n) is 4.51. The van der Waals surface area contributed by atoms with Crippen molar-refractivity contribution in [3.63, 3.8) is 0 Å². The van der Waals surface area contributed by atoms with Crippen LogP contribution in [0.1, 0.15) is 11.8 Å². The zero-order valence-corrected chi connectivity index (χ0v) is 14.9. The Morgan fingerprint density at radius 1 is 1.04 bits per heavy atom. The molecule has 0 bridgehead atoms. The largest absolute Gasteiger partial charge is 0.465 e. The molecule has 1 aromatic carbocycles. The van der Waals surface area contributed by atoms with Crippen molar-refractivity contribution in [1.29, 1.82) is 0 Å². The fraction of sp³-hybridized carbons (Fsp3) is 0.0952. The molecule has 0 saturated carbocycles. The van der Waals surface area contributed by atoms with Crippen molar-refractivity contribution in [3.05, 3.63) is 78.8 Å². The van der Waals surface area contributed by atoms with Crippen molar-refractivity contribution in [2.45, 2.75) is 6.10 Å². The summed E-state index contributed by atoms with van der Waals surface area (Å²) in [5.41, 5.74) is 8.91. The smallest absolute Gasteiger partial charge is 0.232 e. The van der Waals surface area contributed by atoms with Crippen molar-refractivity contribution in [3.8, 4) is 17.3 Å². The molecule has 5 aromatic rings. The Morgan fingerprint density at radius 2 is 1.93 bits per heavy atom. The average molecular weight is 371 g/mol. The summed E-state index contributed by atoms with van der Waals surface area (Å²) in [5.74, 6) is 1.13. The normalized spacial score (nSPS) is 12.5. The lowest BCUT2D eigenvalue weighted by atomic mass is 10.2. The molecule has 0 aliphatic rings. The van der Waals surface area contributed by atoms with Gasteiger partial charge in [-0.3, -0.25) is 4.98 Å². The lowest BCUT2D eigenvalue weighted by molar-refractivity contribution is 0.198. The number of benzene rings is 1. The van der Waals surface area contributed by atoms with E-state index in [9.17, 15) is 0 Å². The quantitative estimate of drug-likeness (QED) is 0.507. The average Bonchev–Trinajstić information content (AvgIpc) is 3.36. The summed E-state index contributed by atoms with van der Waals surface area (Å²) in [5, 5.41) is 5.61. The van der Waals surface area contributed by atoms with Crippen LogP contribution in [0.3, 0.4) is 0 Å². The van der Waals surface area contributed by atoms with Gasteiger partial charge in [-0.15, -0.1) is 5.10 Å². The summed E-state index contributed by atoms with van der Waals surface area (Å²) < 4.78 is 13.7. The molecular formula is C21H17N5O2. The minimum Gasteiger partial charge on any atom is -0.465 e. The number of pyridine rings is 1. The van der Waals surface area contributed by atoms with Crippen LogP contribution < -0.4 is 10.5 Å². The van der Waals surface area contributed by atoms with E-state index < -0.39 is 0 Å². The van der Waals surface area contributed by atoms with Crippen LogP contribution in [0.5, 0.6) is 5.88 Å². The summed E-state index contributed by atoms with van der Waals surface area (Å²) in [6.07, 6.45) is 3.07. The lowest BCUT2D eigenvalue weighted by Gasteiger charge is -2.16. The van der Waals surface area contributed by atoms with Crippen LogP contribution in [0.25, 0.3) is 28.1 Å². The van der Waals surface area contributed by atoms with Gasteiger partial charge in [-0.25, -0.2) is 9.50 Å². The summed E-state index contributed by atoms with van der Waals surface area (Å²) >= 11 is 0. The number of hydrogen-bond acceptors (Lipinski definition) is 6. The Hall–Kier alpha value is -3.71. The minimum atomic E-state index is -0.385. The maximum atomic E-state index is 6.00. The highest BCUT2D eigenvalue weighted by atomic mass is 16.5. The van der Waals surface area contributed by atoms with Crippen LogP contribution in [-0.4, -0.2) is 26.1 Å². The molecule has 138 valence electrons. The number of hydrogen-bond donors (Lipinski definition) is 1. The van der Waals surface area contributed by atoms with E-state index in [1.54, 1.807) is 23.0 Å². The molecule has 1 unspecified atom stereocenters. The number of furan rings is 1. The molecular weight excluding hydrogens is 354 g/mol. The molecule has 7 nitrogen and oxygen atoms in total. The fourth-order valence-corrected chi connectivity index (χ4v) is 3.14. The van der Waals surface area contributed by atoms with Crippen LogP contribution >= 0.6 is 0 Å².